The molecular formula is C17H16N2O5. The monoisotopic (exact) mass is 328 g/mol. The Balaban J connectivity index is 1.64. The Morgan fingerprint density at radius 1 is 1.29 bits per heavy atom. The molecule has 0 saturated heterocycles. The van der Waals surface area contributed by atoms with Crippen LogP contribution in [0.25, 0.3) is 0 Å². The fourth-order valence-electron chi connectivity index (χ4n) is 2.31. The minimum absolute atomic E-state index is 0.0439. The van der Waals surface area contributed by atoms with E-state index in [1.807, 2.05) is 6.07 Å². The van der Waals surface area contributed by atoms with E-state index in [9.17, 15) is 15.0 Å². The third-order valence-corrected chi connectivity index (χ3v) is 3.52. The van der Waals surface area contributed by atoms with Gasteiger partial charge in [0, 0.05) is 11.6 Å². The molecule has 0 bridgehead atoms. The van der Waals surface area contributed by atoms with Crippen LogP contribution in [-0.4, -0.2) is 35.0 Å². The van der Waals surface area contributed by atoms with Gasteiger partial charge in [0.25, 0.3) is 5.91 Å². The Morgan fingerprint density at radius 2 is 2.04 bits per heavy atom. The zero-order valence-electron chi connectivity index (χ0n) is 12.9. The molecule has 24 heavy (non-hydrogen) atoms. The largest absolute Gasteiger partial charge is 0.508 e. The van der Waals surface area contributed by atoms with Crippen LogP contribution in [0.3, 0.4) is 0 Å². The third-order valence-electron chi connectivity index (χ3n) is 3.52. The normalized spacial score (nSPS) is 16.1. The maximum absolute atomic E-state index is 12.1. The lowest BCUT2D eigenvalue weighted by Gasteiger charge is -2.24. The van der Waals surface area contributed by atoms with Crippen molar-refractivity contribution in [2.75, 3.05) is 6.61 Å². The van der Waals surface area contributed by atoms with Gasteiger partial charge in [-0.3, -0.25) is 4.79 Å². The van der Waals surface area contributed by atoms with Gasteiger partial charge in [0.05, 0.1) is 6.21 Å². The highest BCUT2D eigenvalue weighted by Crippen LogP contribution is 2.30. The molecular weight excluding hydrogens is 312 g/mol. The Kier molecular flexibility index (Phi) is 4.24. The van der Waals surface area contributed by atoms with Gasteiger partial charge in [0.2, 0.25) is 6.10 Å². The zero-order valence-corrected chi connectivity index (χ0v) is 12.9. The SMILES string of the molecule is Cc1cc(O)cc(O)c1/C=N/NC(=O)[C@@H]1COc2ccccc2O1. The van der Waals surface area contributed by atoms with Crippen LogP contribution in [0.4, 0.5) is 0 Å². The lowest BCUT2D eigenvalue weighted by Crippen LogP contribution is -2.42. The molecule has 0 radical (unpaired) electrons. The number of ether oxygens (including phenoxy) is 2. The molecule has 2 aromatic carbocycles. The number of nitrogens with one attached hydrogen (secondary N) is 1. The van der Waals surface area contributed by atoms with Gasteiger partial charge in [-0.05, 0) is 30.7 Å². The number of fused-ring (bicyclic) bond motifs is 1. The summed E-state index contributed by atoms with van der Waals surface area (Å²) in [6, 6.07) is 9.77. The molecule has 3 N–H and O–H groups in total. The number of amides is 1. The summed E-state index contributed by atoms with van der Waals surface area (Å²) >= 11 is 0. The number of benzene rings is 2. The van der Waals surface area contributed by atoms with Gasteiger partial charge in [-0.25, -0.2) is 5.43 Å². The van der Waals surface area contributed by atoms with Gasteiger partial charge in [-0.15, -0.1) is 0 Å². The summed E-state index contributed by atoms with van der Waals surface area (Å²) in [5, 5.41) is 23.0. The number of aromatic hydroxyl groups is 2. The second-order valence-corrected chi connectivity index (χ2v) is 5.29. The molecule has 0 aliphatic carbocycles. The Hall–Kier alpha value is -3.22. The van der Waals surface area contributed by atoms with Crippen LogP contribution in [0.2, 0.25) is 0 Å². The van der Waals surface area contributed by atoms with E-state index in [0.29, 0.717) is 22.6 Å². The first kappa shape index (κ1) is 15.7. The number of hydrogen-bond donors (Lipinski definition) is 3. The third kappa shape index (κ3) is 3.24. The van der Waals surface area contributed by atoms with Crippen LogP contribution in [0.5, 0.6) is 23.0 Å². The van der Waals surface area contributed by atoms with Gasteiger partial charge in [0.1, 0.15) is 18.1 Å². The first-order chi connectivity index (χ1) is 11.5. The van der Waals surface area contributed by atoms with E-state index in [1.165, 1.54) is 18.3 Å². The number of hydrazone groups is 1. The Labute approximate surface area is 138 Å². The topological polar surface area (TPSA) is 100 Å². The number of aryl methyl sites for hydroxylation is 1. The van der Waals surface area contributed by atoms with Gasteiger partial charge < -0.3 is 19.7 Å². The Bertz CT molecular complexity index is 780. The predicted octanol–water partition coefficient (Wildman–Crippen LogP) is 1.70. The molecule has 0 unspecified atom stereocenters. The van der Waals surface area contributed by atoms with E-state index in [2.05, 4.69) is 10.5 Å². The molecule has 3 rings (SSSR count). The second-order valence-electron chi connectivity index (χ2n) is 5.29. The standard InChI is InChI=1S/C17H16N2O5/c1-10-6-11(20)7-13(21)12(10)8-18-19-17(22)16-9-23-14-4-2-3-5-15(14)24-16/h2-8,16,20-21H,9H2,1H3,(H,19,22)/b18-8+/t16-/m0/s1. The molecule has 124 valence electrons. The average molecular weight is 328 g/mol. The first-order valence-corrected chi connectivity index (χ1v) is 7.28. The summed E-state index contributed by atoms with van der Waals surface area (Å²) in [5.41, 5.74) is 3.38. The lowest BCUT2D eigenvalue weighted by molar-refractivity contribution is -0.130. The van der Waals surface area contributed by atoms with Gasteiger partial charge in [-0.1, -0.05) is 12.1 Å². The van der Waals surface area contributed by atoms with Crippen LogP contribution in [0.1, 0.15) is 11.1 Å². The van der Waals surface area contributed by atoms with Crippen molar-refractivity contribution in [1.82, 2.24) is 5.43 Å². The van der Waals surface area contributed by atoms with E-state index in [-0.39, 0.29) is 18.1 Å². The zero-order chi connectivity index (χ0) is 17.1. The van der Waals surface area contributed by atoms with Crippen molar-refractivity contribution in [3.63, 3.8) is 0 Å². The van der Waals surface area contributed by atoms with E-state index in [0.717, 1.165) is 0 Å². The van der Waals surface area contributed by atoms with Crippen molar-refractivity contribution in [2.45, 2.75) is 13.0 Å². The number of carbonyl (C=O) groups excluding carboxylic acids is 1. The molecule has 0 aromatic heterocycles. The van der Waals surface area contributed by atoms with Crippen molar-refractivity contribution < 1.29 is 24.5 Å². The molecule has 0 spiro atoms. The molecule has 0 fully saturated rings. The molecule has 0 saturated carbocycles. The average Bonchev–Trinajstić information content (AvgIpc) is 2.56. The number of para-hydroxylation sites is 2. The maximum Gasteiger partial charge on any atom is 0.284 e. The molecule has 2 aromatic rings. The Morgan fingerprint density at radius 3 is 2.79 bits per heavy atom. The van der Waals surface area contributed by atoms with Crippen LogP contribution in [0, 0.1) is 6.92 Å². The van der Waals surface area contributed by atoms with Crippen LogP contribution in [0.15, 0.2) is 41.5 Å². The number of phenols is 2. The summed E-state index contributed by atoms with van der Waals surface area (Å²) in [4.78, 5) is 12.1. The molecule has 1 amide bonds. The minimum Gasteiger partial charge on any atom is -0.508 e. The summed E-state index contributed by atoms with van der Waals surface area (Å²) < 4.78 is 11.0. The van der Waals surface area contributed by atoms with E-state index in [4.69, 9.17) is 9.47 Å². The van der Waals surface area contributed by atoms with Crippen molar-refractivity contribution in [3.05, 3.63) is 47.5 Å². The molecule has 1 aliphatic heterocycles. The summed E-state index contributed by atoms with van der Waals surface area (Å²) in [7, 11) is 0. The van der Waals surface area contributed by atoms with Crippen molar-refractivity contribution >= 4 is 12.1 Å². The van der Waals surface area contributed by atoms with Gasteiger partial charge in [0.15, 0.2) is 11.5 Å². The number of carbonyl (C=O) groups is 1. The minimum atomic E-state index is -0.813. The van der Waals surface area contributed by atoms with E-state index in [1.54, 1.807) is 25.1 Å². The highest BCUT2D eigenvalue weighted by atomic mass is 16.6. The molecule has 1 heterocycles. The van der Waals surface area contributed by atoms with Crippen LogP contribution in [-0.2, 0) is 4.79 Å². The van der Waals surface area contributed by atoms with Crippen LogP contribution < -0.4 is 14.9 Å². The molecule has 1 aliphatic rings. The summed E-state index contributed by atoms with van der Waals surface area (Å²) in [5.74, 6) is 0.459. The molecule has 1 atom stereocenters. The quantitative estimate of drug-likeness (QED) is 0.588. The molecule has 7 nitrogen and oxygen atoms in total. The number of hydrogen-bond acceptors (Lipinski definition) is 6. The van der Waals surface area contributed by atoms with Gasteiger partial charge in [-0.2, -0.15) is 5.10 Å². The van der Waals surface area contributed by atoms with E-state index < -0.39 is 12.0 Å². The molecule has 7 heteroatoms. The van der Waals surface area contributed by atoms with Crippen molar-refractivity contribution in [1.29, 1.82) is 0 Å². The predicted molar refractivity (Wildman–Crippen MR) is 86.6 cm³/mol. The first-order valence-electron chi connectivity index (χ1n) is 7.28. The smallest absolute Gasteiger partial charge is 0.284 e. The summed E-state index contributed by atoms with van der Waals surface area (Å²) in [6.07, 6.45) is 0.492. The number of phenolic OH excluding ortho intramolecular Hbond substituents is 2. The van der Waals surface area contributed by atoms with Crippen molar-refractivity contribution in [3.8, 4) is 23.0 Å². The fraction of sp³-hybridized carbons (Fsp3) is 0.176. The lowest BCUT2D eigenvalue weighted by atomic mass is 10.1. The number of rotatable bonds is 3. The van der Waals surface area contributed by atoms with Crippen LogP contribution >= 0.6 is 0 Å². The van der Waals surface area contributed by atoms with Crippen molar-refractivity contribution in [2.24, 2.45) is 5.10 Å². The van der Waals surface area contributed by atoms with E-state index >= 15 is 0 Å². The second kappa shape index (κ2) is 6.49. The highest BCUT2D eigenvalue weighted by molar-refractivity contribution is 5.88. The maximum atomic E-state index is 12.1. The van der Waals surface area contributed by atoms with Gasteiger partial charge >= 0.3 is 0 Å². The number of nitrogens with zero attached hydrogens (tertiary/aromatic N) is 1. The fourth-order valence-corrected chi connectivity index (χ4v) is 2.31. The highest BCUT2D eigenvalue weighted by Gasteiger charge is 2.27. The summed E-state index contributed by atoms with van der Waals surface area (Å²) in [6.45, 7) is 1.79.